The van der Waals surface area contributed by atoms with Crippen LogP contribution in [-0.2, 0) is 14.3 Å². The molecule has 0 spiro atoms. The molecular weight excluding hydrogens is 410 g/mol. The van der Waals surface area contributed by atoms with E-state index in [9.17, 15) is 9.59 Å². The summed E-state index contributed by atoms with van der Waals surface area (Å²) in [4.78, 5) is 26.6. The molecule has 174 valence electrons. The van der Waals surface area contributed by atoms with E-state index in [0.717, 1.165) is 5.70 Å². The second kappa shape index (κ2) is 9.27. The molecule has 32 heavy (non-hydrogen) atoms. The Balaban J connectivity index is 2.27. The van der Waals surface area contributed by atoms with Crippen molar-refractivity contribution in [2.75, 3.05) is 27.9 Å². The molecule has 2 aliphatic rings. The second-order valence-corrected chi connectivity index (χ2v) is 8.99. The van der Waals surface area contributed by atoms with Gasteiger partial charge in [0, 0.05) is 29.0 Å². The van der Waals surface area contributed by atoms with Crippen LogP contribution in [0.4, 0.5) is 0 Å². The van der Waals surface area contributed by atoms with Crippen LogP contribution >= 0.6 is 0 Å². The number of carbonyl (C=O) groups is 2. The molecule has 1 heterocycles. The smallest absolute Gasteiger partial charge is 0.336 e. The summed E-state index contributed by atoms with van der Waals surface area (Å²) in [5, 5.41) is 3.34. The normalized spacial score (nSPS) is 19.8. The highest BCUT2D eigenvalue weighted by atomic mass is 16.5. The summed E-state index contributed by atoms with van der Waals surface area (Å²) in [6, 6.07) is 3.59. The van der Waals surface area contributed by atoms with Gasteiger partial charge in [-0.15, -0.1) is 0 Å². The standard InChI is InChI=1S/C25H33NO6/c1-8-11-32-24(28)19-14(2)26-16-12-25(3,4)13-17(27)21(16)20(19)15-9-10-18(29-5)23(31-7)22(15)30-6/h9-10,20,26H,8,11-13H2,1-7H3. The minimum Gasteiger partial charge on any atom is -0.493 e. The first-order valence-electron chi connectivity index (χ1n) is 10.9. The van der Waals surface area contributed by atoms with E-state index in [2.05, 4.69) is 19.2 Å². The first-order valence-corrected chi connectivity index (χ1v) is 10.9. The van der Waals surface area contributed by atoms with Gasteiger partial charge >= 0.3 is 5.97 Å². The fourth-order valence-corrected chi connectivity index (χ4v) is 4.64. The van der Waals surface area contributed by atoms with E-state index >= 15 is 0 Å². The zero-order valence-corrected chi connectivity index (χ0v) is 20.0. The quantitative estimate of drug-likeness (QED) is 0.630. The van der Waals surface area contributed by atoms with Crippen molar-refractivity contribution in [1.82, 2.24) is 5.32 Å². The molecule has 0 fully saturated rings. The van der Waals surface area contributed by atoms with Gasteiger partial charge in [0.1, 0.15) is 0 Å². The first kappa shape index (κ1) is 23.7. The molecule has 1 aliphatic carbocycles. The number of nitrogens with one attached hydrogen (secondary N) is 1. The van der Waals surface area contributed by atoms with Crippen LogP contribution in [0.3, 0.4) is 0 Å². The number of hydrogen-bond donors (Lipinski definition) is 1. The van der Waals surface area contributed by atoms with Crippen molar-refractivity contribution in [3.63, 3.8) is 0 Å². The number of methoxy groups -OCH3 is 3. The predicted octanol–water partition coefficient (Wildman–Crippen LogP) is 4.27. The Bertz CT molecular complexity index is 988. The van der Waals surface area contributed by atoms with Crippen molar-refractivity contribution in [1.29, 1.82) is 0 Å². The molecule has 0 amide bonds. The summed E-state index contributed by atoms with van der Waals surface area (Å²) >= 11 is 0. The van der Waals surface area contributed by atoms with Crippen LogP contribution in [0.2, 0.25) is 0 Å². The number of rotatable bonds is 7. The number of ether oxygens (including phenoxy) is 4. The van der Waals surface area contributed by atoms with Crippen LogP contribution in [0.15, 0.2) is 34.7 Å². The van der Waals surface area contributed by atoms with Gasteiger partial charge in [0.2, 0.25) is 5.75 Å². The van der Waals surface area contributed by atoms with Gasteiger partial charge in [-0.2, -0.15) is 0 Å². The molecule has 1 N–H and O–H groups in total. The van der Waals surface area contributed by atoms with Crippen molar-refractivity contribution in [2.45, 2.75) is 52.9 Å². The van der Waals surface area contributed by atoms with Gasteiger partial charge in [0.05, 0.1) is 39.4 Å². The monoisotopic (exact) mass is 443 g/mol. The number of benzene rings is 1. The summed E-state index contributed by atoms with van der Waals surface area (Å²) in [5.74, 6) is 0.284. The third kappa shape index (κ3) is 4.20. The Morgan fingerprint density at radius 3 is 2.38 bits per heavy atom. The fourth-order valence-electron chi connectivity index (χ4n) is 4.64. The van der Waals surface area contributed by atoms with Crippen molar-refractivity contribution in [3.05, 3.63) is 40.2 Å². The highest BCUT2D eigenvalue weighted by Gasteiger charge is 2.44. The van der Waals surface area contributed by atoms with E-state index in [0.29, 0.717) is 65.5 Å². The van der Waals surface area contributed by atoms with Crippen molar-refractivity contribution in [3.8, 4) is 17.2 Å². The van der Waals surface area contributed by atoms with Crippen molar-refractivity contribution < 1.29 is 28.5 Å². The van der Waals surface area contributed by atoms with E-state index in [-0.39, 0.29) is 11.2 Å². The van der Waals surface area contributed by atoms with Crippen LogP contribution in [0, 0.1) is 5.41 Å². The molecule has 1 atom stereocenters. The highest BCUT2D eigenvalue weighted by Crippen LogP contribution is 2.51. The molecule has 1 aromatic rings. The summed E-state index contributed by atoms with van der Waals surface area (Å²) in [5.41, 5.74) is 3.01. The van der Waals surface area contributed by atoms with Crippen molar-refractivity contribution >= 4 is 11.8 Å². The Labute approximate surface area is 189 Å². The number of carbonyl (C=O) groups excluding carboxylic acids is 2. The fraction of sp³-hybridized carbons (Fsp3) is 0.520. The van der Waals surface area contributed by atoms with Gasteiger partial charge in [-0.25, -0.2) is 4.79 Å². The van der Waals surface area contributed by atoms with Gasteiger partial charge in [-0.3, -0.25) is 4.79 Å². The molecule has 0 saturated carbocycles. The molecule has 0 bridgehead atoms. The van der Waals surface area contributed by atoms with Gasteiger partial charge in [-0.05, 0) is 31.2 Å². The van der Waals surface area contributed by atoms with Gasteiger partial charge in [0.25, 0.3) is 0 Å². The molecule has 0 aromatic heterocycles. The molecule has 1 aromatic carbocycles. The zero-order chi connectivity index (χ0) is 23.6. The van der Waals surface area contributed by atoms with Crippen LogP contribution < -0.4 is 19.5 Å². The molecular formula is C25H33NO6. The van der Waals surface area contributed by atoms with Crippen LogP contribution in [0.25, 0.3) is 0 Å². The maximum absolute atomic E-state index is 13.4. The number of ketones is 1. The summed E-state index contributed by atoms with van der Waals surface area (Å²) in [7, 11) is 4.62. The van der Waals surface area contributed by atoms with Crippen LogP contribution in [-0.4, -0.2) is 39.7 Å². The number of hydrogen-bond acceptors (Lipinski definition) is 7. The third-order valence-electron chi connectivity index (χ3n) is 5.94. The average Bonchev–Trinajstić information content (AvgIpc) is 2.74. The van der Waals surface area contributed by atoms with Crippen LogP contribution in [0.1, 0.15) is 58.4 Å². The minimum atomic E-state index is -0.631. The molecule has 1 aliphatic heterocycles. The van der Waals surface area contributed by atoms with Crippen molar-refractivity contribution in [2.24, 2.45) is 5.41 Å². The Morgan fingerprint density at radius 2 is 1.78 bits per heavy atom. The Kier molecular flexibility index (Phi) is 6.86. The average molecular weight is 444 g/mol. The Hall–Kier alpha value is -2.96. The maximum atomic E-state index is 13.4. The number of dihydropyridines is 1. The van der Waals surface area contributed by atoms with E-state index in [1.54, 1.807) is 13.2 Å². The lowest BCUT2D eigenvalue weighted by atomic mass is 9.68. The predicted molar refractivity (Wildman–Crippen MR) is 121 cm³/mol. The van der Waals surface area contributed by atoms with Crippen LogP contribution in [0.5, 0.6) is 17.2 Å². The SMILES string of the molecule is CCCOC(=O)C1=C(C)NC2=C(C(=O)CC(C)(C)C2)C1c1ccc(OC)c(OC)c1OC. The van der Waals surface area contributed by atoms with E-state index in [1.807, 2.05) is 19.9 Å². The van der Waals surface area contributed by atoms with E-state index in [4.69, 9.17) is 18.9 Å². The molecule has 0 saturated heterocycles. The second-order valence-electron chi connectivity index (χ2n) is 8.99. The number of esters is 1. The number of allylic oxidation sites excluding steroid dienone is 3. The largest absolute Gasteiger partial charge is 0.493 e. The first-order chi connectivity index (χ1) is 15.2. The van der Waals surface area contributed by atoms with Gasteiger partial charge in [-0.1, -0.05) is 26.8 Å². The maximum Gasteiger partial charge on any atom is 0.336 e. The lowest BCUT2D eigenvalue weighted by molar-refractivity contribution is -0.139. The summed E-state index contributed by atoms with van der Waals surface area (Å²) in [6.07, 6.45) is 1.81. The summed E-state index contributed by atoms with van der Waals surface area (Å²) < 4.78 is 22.2. The van der Waals surface area contributed by atoms with Gasteiger partial charge < -0.3 is 24.3 Å². The zero-order valence-electron chi connectivity index (χ0n) is 20.0. The van der Waals surface area contributed by atoms with Gasteiger partial charge in [0.15, 0.2) is 17.3 Å². The molecule has 7 nitrogen and oxygen atoms in total. The molecule has 3 rings (SSSR count). The minimum absolute atomic E-state index is 0.0129. The topological polar surface area (TPSA) is 83.1 Å². The number of Topliss-reactive ketones (excluding diaryl/α,β-unsaturated/α-hetero) is 1. The molecule has 0 radical (unpaired) electrons. The van der Waals surface area contributed by atoms with E-state index in [1.165, 1.54) is 14.2 Å². The third-order valence-corrected chi connectivity index (χ3v) is 5.94. The highest BCUT2D eigenvalue weighted by molar-refractivity contribution is 6.04. The lowest BCUT2D eigenvalue weighted by Gasteiger charge is -2.39. The molecule has 1 unspecified atom stereocenters. The molecule has 7 heteroatoms. The van der Waals surface area contributed by atoms with E-state index < -0.39 is 11.9 Å². The summed E-state index contributed by atoms with van der Waals surface area (Å²) in [6.45, 7) is 8.24. The Morgan fingerprint density at radius 1 is 1.09 bits per heavy atom. The lowest BCUT2D eigenvalue weighted by Crippen LogP contribution is -2.38.